The van der Waals surface area contributed by atoms with E-state index < -0.39 is 5.82 Å². The van der Waals surface area contributed by atoms with Gasteiger partial charge in [-0.25, -0.2) is 14.4 Å². The quantitative estimate of drug-likeness (QED) is 0.361. The Hall–Kier alpha value is -3.77. The number of carbonyl (C=O) groups is 1. The number of Topliss-reactive ketones (excluding diaryl/α,β-unsaturated/α-hetero) is 1. The lowest BCUT2D eigenvalue weighted by molar-refractivity contribution is 0.0968. The zero-order valence-electron chi connectivity index (χ0n) is 18.8. The van der Waals surface area contributed by atoms with Crippen LogP contribution in [0.3, 0.4) is 0 Å². The number of nitrogen functional groups attached to an aromatic ring is 1. The van der Waals surface area contributed by atoms with Crippen molar-refractivity contribution >= 4 is 33.5 Å². The number of pyridine rings is 1. The minimum absolute atomic E-state index is 0.0389. The smallest absolute Gasteiger partial charge is 0.169 e. The van der Waals surface area contributed by atoms with Gasteiger partial charge in [-0.3, -0.25) is 9.48 Å². The predicted octanol–water partition coefficient (Wildman–Crippen LogP) is 3.05. The summed E-state index contributed by atoms with van der Waals surface area (Å²) in [6.45, 7) is 4.30. The maximum Gasteiger partial charge on any atom is 0.169 e. The van der Waals surface area contributed by atoms with Crippen LogP contribution in [0.15, 0.2) is 24.7 Å². The molecule has 1 saturated carbocycles. The Bertz CT molecular complexity index is 1510. The Balaban J connectivity index is 1.51. The van der Waals surface area contributed by atoms with E-state index in [4.69, 9.17) is 10.8 Å². The monoisotopic (exact) mass is 457 g/mol. The third kappa shape index (κ3) is 3.33. The average molecular weight is 458 g/mol. The van der Waals surface area contributed by atoms with Gasteiger partial charge in [0.2, 0.25) is 0 Å². The van der Waals surface area contributed by atoms with Gasteiger partial charge in [-0.1, -0.05) is 5.92 Å². The number of nitrogens with zero attached hydrogens (tertiary/aromatic N) is 5. The van der Waals surface area contributed by atoms with Gasteiger partial charge in [0.1, 0.15) is 17.3 Å². The highest BCUT2D eigenvalue weighted by molar-refractivity contribution is 6.11. The molecule has 0 spiro atoms. The van der Waals surface area contributed by atoms with Crippen LogP contribution < -0.4 is 11.1 Å². The topological polar surface area (TPSA) is 104 Å². The summed E-state index contributed by atoms with van der Waals surface area (Å²) in [4.78, 5) is 21.7. The molecule has 0 bridgehead atoms. The zero-order valence-corrected chi connectivity index (χ0v) is 18.8. The fourth-order valence-electron chi connectivity index (χ4n) is 4.69. The zero-order chi connectivity index (χ0) is 23.4. The van der Waals surface area contributed by atoms with Gasteiger partial charge in [0.05, 0.1) is 45.4 Å². The fourth-order valence-corrected chi connectivity index (χ4v) is 4.69. The van der Waals surface area contributed by atoms with Crippen molar-refractivity contribution in [3.05, 3.63) is 47.3 Å². The number of imidazole rings is 1. The van der Waals surface area contributed by atoms with E-state index in [0.717, 1.165) is 37.9 Å². The second-order valence-electron chi connectivity index (χ2n) is 8.96. The van der Waals surface area contributed by atoms with E-state index in [1.54, 1.807) is 18.6 Å². The number of hydrogen-bond acceptors (Lipinski definition) is 6. The number of fused-ring (bicyclic) bond motifs is 2. The van der Waals surface area contributed by atoms with Crippen LogP contribution in [0.2, 0.25) is 0 Å². The highest BCUT2D eigenvalue weighted by Gasteiger charge is 2.34. The van der Waals surface area contributed by atoms with Crippen LogP contribution in [-0.2, 0) is 6.54 Å². The first-order valence-corrected chi connectivity index (χ1v) is 11.6. The molecule has 6 rings (SSSR count). The maximum absolute atomic E-state index is 14.9. The molecule has 1 aliphatic carbocycles. The Labute approximate surface area is 195 Å². The van der Waals surface area contributed by atoms with Crippen molar-refractivity contribution in [2.75, 3.05) is 18.8 Å². The van der Waals surface area contributed by atoms with E-state index in [1.165, 1.54) is 6.07 Å². The van der Waals surface area contributed by atoms with Crippen LogP contribution in [0.4, 0.5) is 10.2 Å². The molecular weight excluding hydrogens is 433 g/mol. The highest BCUT2D eigenvalue weighted by Crippen LogP contribution is 2.37. The fraction of sp³-hybridized carbons (Fsp3) is 0.360. The molecule has 3 N–H and O–H groups in total. The first-order chi connectivity index (χ1) is 16.5. The molecule has 0 radical (unpaired) electrons. The van der Waals surface area contributed by atoms with Crippen molar-refractivity contribution in [1.29, 1.82) is 0 Å². The predicted molar refractivity (Wildman–Crippen MR) is 127 cm³/mol. The molecule has 9 heteroatoms. The summed E-state index contributed by atoms with van der Waals surface area (Å²) in [6.07, 6.45) is 5.93. The number of aromatic nitrogens is 5. The van der Waals surface area contributed by atoms with Gasteiger partial charge < -0.3 is 15.6 Å². The number of carbonyl (C=O) groups excluding carboxylic acids is 1. The van der Waals surface area contributed by atoms with Crippen LogP contribution >= 0.6 is 0 Å². The van der Waals surface area contributed by atoms with Crippen molar-refractivity contribution in [3.8, 4) is 11.8 Å². The SMILES string of the molecule is CCn1cnc2cc(C#Cc3nn(C4CCNC4)c4c(C(=O)C5CC5)cnc(N)c34)c(F)cc21. The number of rotatable bonds is 4. The molecule has 4 aromatic rings. The van der Waals surface area contributed by atoms with Crippen LogP contribution in [0.5, 0.6) is 0 Å². The summed E-state index contributed by atoms with van der Waals surface area (Å²) in [7, 11) is 0. The molecule has 34 heavy (non-hydrogen) atoms. The summed E-state index contributed by atoms with van der Waals surface area (Å²) in [5, 5.41) is 8.67. The number of aryl methyl sites for hydroxylation is 1. The minimum Gasteiger partial charge on any atom is -0.383 e. The second-order valence-corrected chi connectivity index (χ2v) is 8.96. The van der Waals surface area contributed by atoms with E-state index in [9.17, 15) is 9.18 Å². The molecular formula is C25H24FN7O. The normalized spacial score (nSPS) is 17.9. The lowest BCUT2D eigenvalue weighted by Crippen LogP contribution is -2.16. The maximum atomic E-state index is 14.9. The molecule has 3 aromatic heterocycles. The van der Waals surface area contributed by atoms with E-state index in [0.29, 0.717) is 34.2 Å². The number of hydrogen-bond donors (Lipinski definition) is 2. The molecule has 2 aliphatic rings. The van der Waals surface area contributed by atoms with Crippen molar-refractivity contribution in [3.63, 3.8) is 0 Å². The summed E-state index contributed by atoms with van der Waals surface area (Å²) in [6, 6.07) is 3.18. The second kappa shape index (κ2) is 7.92. The van der Waals surface area contributed by atoms with Gasteiger partial charge in [-0.15, -0.1) is 0 Å². The average Bonchev–Trinajstić information content (AvgIpc) is 3.22. The lowest BCUT2D eigenvalue weighted by Gasteiger charge is -2.13. The molecule has 8 nitrogen and oxygen atoms in total. The number of nitrogens with two attached hydrogens (primary N) is 1. The van der Waals surface area contributed by atoms with E-state index in [-0.39, 0.29) is 29.1 Å². The van der Waals surface area contributed by atoms with Crippen LogP contribution in [0.1, 0.15) is 53.8 Å². The van der Waals surface area contributed by atoms with Gasteiger partial charge in [0.25, 0.3) is 0 Å². The Kier molecular flexibility index (Phi) is 4.85. The summed E-state index contributed by atoms with van der Waals surface area (Å²) in [5.41, 5.74) is 9.53. The molecule has 1 aliphatic heterocycles. The van der Waals surface area contributed by atoms with Gasteiger partial charge >= 0.3 is 0 Å². The Morgan fingerprint density at radius 3 is 2.85 bits per heavy atom. The van der Waals surface area contributed by atoms with Crippen LogP contribution in [0, 0.1) is 23.6 Å². The summed E-state index contributed by atoms with van der Waals surface area (Å²) in [5.74, 6) is 5.90. The largest absolute Gasteiger partial charge is 0.383 e. The van der Waals surface area contributed by atoms with Gasteiger partial charge in [-0.2, -0.15) is 5.10 Å². The van der Waals surface area contributed by atoms with Crippen molar-refractivity contribution in [2.45, 2.75) is 38.8 Å². The number of benzene rings is 1. The molecule has 0 amide bonds. The molecule has 1 aromatic carbocycles. The first-order valence-electron chi connectivity index (χ1n) is 11.6. The minimum atomic E-state index is -0.422. The number of nitrogens with one attached hydrogen (secondary N) is 1. The molecule has 1 atom stereocenters. The molecule has 172 valence electrons. The number of ketones is 1. The van der Waals surface area contributed by atoms with Gasteiger partial charge in [0, 0.05) is 31.3 Å². The first kappa shape index (κ1) is 20.8. The highest BCUT2D eigenvalue weighted by atomic mass is 19.1. The molecule has 1 unspecified atom stereocenters. The molecule has 2 fully saturated rings. The summed E-state index contributed by atoms with van der Waals surface area (Å²) < 4.78 is 18.6. The standard InChI is InChI=1S/C25H24FN7O/c1-2-32-13-30-20-9-15(18(26)10-21(20)32)5-6-19-22-23(33(31-19)16-7-8-28-11-16)17(12-29-25(22)27)24(34)14-3-4-14/h9-10,12-14,16,28H,2-4,7-8,11H2,1H3,(H2,27,29). The van der Waals surface area contributed by atoms with E-state index >= 15 is 0 Å². The summed E-state index contributed by atoms with van der Waals surface area (Å²) >= 11 is 0. The van der Waals surface area contributed by atoms with Crippen LogP contribution in [-0.4, -0.2) is 43.2 Å². The van der Waals surface area contributed by atoms with Crippen molar-refractivity contribution < 1.29 is 9.18 Å². The van der Waals surface area contributed by atoms with Gasteiger partial charge in [-0.05, 0) is 44.7 Å². The molecule has 1 saturated heterocycles. The number of anilines is 1. The Morgan fingerprint density at radius 2 is 2.12 bits per heavy atom. The lowest BCUT2D eigenvalue weighted by atomic mass is 10.0. The van der Waals surface area contributed by atoms with Crippen molar-refractivity contribution in [2.24, 2.45) is 5.92 Å². The van der Waals surface area contributed by atoms with Crippen LogP contribution in [0.25, 0.3) is 21.9 Å². The third-order valence-electron chi connectivity index (χ3n) is 6.71. The van der Waals surface area contributed by atoms with E-state index in [1.807, 2.05) is 16.2 Å². The Morgan fingerprint density at radius 1 is 1.26 bits per heavy atom. The number of halogens is 1. The van der Waals surface area contributed by atoms with Crippen molar-refractivity contribution in [1.82, 2.24) is 29.6 Å². The van der Waals surface area contributed by atoms with Gasteiger partial charge in [0.15, 0.2) is 5.78 Å². The van der Waals surface area contributed by atoms with E-state index in [2.05, 4.69) is 27.1 Å². The molecule has 4 heterocycles. The third-order valence-corrected chi connectivity index (χ3v) is 6.71.